The summed E-state index contributed by atoms with van der Waals surface area (Å²) in [6, 6.07) is -0.327. The van der Waals surface area contributed by atoms with Gasteiger partial charge < -0.3 is 4.74 Å². The molecular weight excluding hydrogens is 312 g/mol. The van der Waals surface area contributed by atoms with Gasteiger partial charge in [-0.2, -0.15) is 0 Å². The summed E-state index contributed by atoms with van der Waals surface area (Å²) in [7, 11) is 0. The molecule has 0 aromatic rings. The molecule has 1 saturated heterocycles. The lowest BCUT2D eigenvalue weighted by Crippen LogP contribution is -2.53. The lowest BCUT2D eigenvalue weighted by Gasteiger charge is -2.33. The van der Waals surface area contributed by atoms with E-state index in [4.69, 9.17) is 4.74 Å². The molecule has 0 bridgehead atoms. The van der Waals surface area contributed by atoms with Crippen LogP contribution in [-0.2, 0) is 14.3 Å². The Morgan fingerprint density at radius 2 is 2.32 bits per heavy atom. The Balaban J connectivity index is 2.68. The van der Waals surface area contributed by atoms with Gasteiger partial charge in [-0.15, -0.1) is 0 Å². The second kappa shape index (κ2) is 7.77. The molecule has 1 heterocycles. The fraction of sp³-hybridized carbons (Fsp3) is 0.692. The van der Waals surface area contributed by atoms with Crippen LogP contribution in [-0.4, -0.2) is 41.0 Å². The van der Waals surface area contributed by atoms with Crippen LogP contribution >= 0.6 is 15.9 Å². The largest absolute Gasteiger partial charge is 0.352 e. The first-order valence-electron chi connectivity index (χ1n) is 6.44. The van der Waals surface area contributed by atoms with E-state index in [0.717, 1.165) is 12.0 Å². The average Bonchev–Trinajstić information content (AvgIpc) is 2.34. The molecule has 2 atom stereocenters. The van der Waals surface area contributed by atoms with E-state index in [1.165, 1.54) is 0 Å². The fourth-order valence-corrected chi connectivity index (χ4v) is 1.99. The van der Waals surface area contributed by atoms with Gasteiger partial charge in [-0.05, 0) is 19.8 Å². The van der Waals surface area contributed by atoms with Crippen LogP contribution in [0.15, 0.2) is 12.2 Å². The van der Waals surface area contributed by atoms with E-state index in [1.807, 2.05) is 18.7 Å². The molecule has 0 aromatic carbocycles. The molecule has 0 saturated carbocycles. The van der Waals surface area contributed by atoms with Crippen molar-refractivity contribution in [2.75, 3.05) is 13.3 Å². The average molecular weight is 333 g/mol. The number of hydrogen-bond acceptors (Lipinski definition) is 4. The van der Waals surface area contributed by atoms with Gasteiger partial charge in [-0.1, -0.05) is 35.0 Å². The lowest BCUT2D eigenvalue weighted by atomic mass is 10.0. The molecule has 1 rings (SSSR count). The molecule has 108 valence electrons. The SMILES string of the molecule is C=C(CC)CN(COC(C)Br)C1CCC(=O)NC1=O. The summed E-state index contributed by atoms with van der Waals surface area (Å²) < 4.78 is 5.51. The van der Waals surface area contributed by atoms with E-state index in [9.17, 15) is 9.59 Å². The van der Waals surface area contributed by atoms with Gasteiger partial charge in [-0.25, -0.2) is 0 Å². The summed E-state index contributed by atoms with van der Waals surface area (Å²) in [4.78, 5) is 25.0. The number of halogens is 1. The Hall–Kier alpha value is -0.720. The van der Waals surface area contributed by atoms with E-state index in [2.05, 4.69) is 27.8 Å². The maximum absolute atomic E-state index is 11.9. The summed E-state index contributed by atoms with van der Waals surface area (Å²) >= 11 is 3.31. The van der Waals surface area contributed by atoms with Crippen LogP contribution in [0.3, 0.4) is 0 Å². The normalized spacial score (nSPS) is 21.4. The number of hydrogen-bond donors (Lipinski definition) is 1. The number of carbonyl (C=O) groups is 2. The summed E-state index contributed by atoms with van der Waals surface area (Å²) in [5, 5.41) is 2.29. The standard InChI is InChI=1S/C13H21BrN2O3/c1-4-9(2)7-16(8-19-10(3)14)11-5-6-12(17)15-13(11)18/h10-11H,2,4-8H2,1,3H3,(H,15,17,18). The number of carbonyl (C=O) groups excluding carboxylic acids is 2. The third-order valence-electron chi connectivity index (χ3n) is 3.05. The number of amides is 2. The van der Waals surface area contributed by atoms with Crippen LogP contribution < -0.4 is 5.32 Å². The van der Waals surface area contributed by atoms with Gasteiger partial charge in [0.05, 0.1) is 6.04 Å². The van der Waals surface area contributed by atoms with Gasteiger partial charge in [0.2, 0.25) is 11.8 Å². The van der Waals surface area contributed by atoms with Crippen molar-refractivity contribution in [1.82, 2.24) is 10.2 Å². The molecule has 0 radical (unpaired) electrons. The minimum atomic E-state index is -0.327. The predicted molar refractivity (Wildman–Crippen MR) is 76.6 cm³/mol. The van der Waals surface area contributed by atoms with Crippen molar-refractivity contribution in [3.63, 3.8) is 0 Å². The Morgan fingerprint density at radius 3 is 2.84 bits per heavy atom. The maximum Gasteiger partial charge on any atom is 0.243 e. The van der Waals surface area contributed by atoms with Crippen molar-refractivity contribution in [2.24, 2.45) is 0 Å². The highest BCUT2D eigenvalue weighted by Crippen LogP contribution is 2.15. The first kappa shape index (κ1) is 16.3. The summed E-state index contributed by atoms with van der Waals surface area (Å²) in [6.45, 7) is 8.80. The summed E-state index contributed by atoms with van der Waals surface area (Å²) in [5.41, 5.74) is 1.04. The second-order valence-electron chi connectivity index (χ2n) is 4.66. The maximum atomic E-state index is 11.9. The zero-order valence-corrected chi connectivity index (χ0v) is 13.0. The quantitative estimate of drug-likeness (QED) is 0.334. The second-order valence-corrected chi connectivity index (χ2v) is 5.95. The van der Waals surface area contributed by atoms with Gasteiger partial charge in [0, 0.05) is 13.0 Å². The molecule has 0 spiro atoms. The van der Waals surface area contributed by atoms with Crippen LogP contribution in [0.25, 0.3) is 0 Å². The van der Waals surface area contributed by atoms with Crippen molar-refractivity contribution >= 4 is 27.7 Å². The first-order valence-corrected chi connectivity index (χ1v) is 7.35. The predicted octanol–water partition coefficient (Wildman–Crippen LogP) is 1.77. The topological polar surface area (TPSA) is 58.6 Å². The van der Waals surface area contributed by atoms with E-state index < -0.39 is 0 Å². The molecule has 2 unspecified atom stereocenters. The lowest BCUT2D eigenvalue weighted by molar-refractivity contribution is -0.139. The van der Waals surface area contributed by atoms with Crippen LogP contribution in [0.1, 0.15) is 33.1 Å². The number of nitrogens with zero attached hydrogens (tertiary/aromatic N) is 1. The molecule has 5 nitrogen and oxygen atoms in total. The minimum Gasteiger partial charge on any atom is -0.352 e. The Kier molecular flexibility index (Phi) is 6.68. The van der Waals surface area contributed by atoms with Gasteiger partial charge >= 0.3 is 0 Å². The van der Waals surface area contributed by atoms with Gasteiger partial charge in [-0.3, -0.25) is 19.8 Å². The van der Waals surface area contributed by atoms with Crippen molar-refractivity contribution in [3.05, 3.63) is 12.2 Å². The van der Waals surface area contributed by atoms with E-state index >= 15 is 0 Å². The van der Waals surface area contributed by atoms with Crippen LogP contribution in [0.5, 0.6) is 0 Å². The molecular formula is C13H21BrN2O3. The number of ether oxygens (including phenoxy) is 1. The molecule has 6 heteroatoms. The number of imide groups is 1. The highest BCUT2D eigenvalue weighted by atomic mass is 79.9. The van der Waals surface area contributed by atoms with E-state index in [1.54, 1.807) is 0 Å². The van der Waals surface area contributed by atoms with Crippen molar-refractivity contribution in [2.45, 2.75) is 44.2 Å². The van der Waals surface area contributed by atoms with Gasteiger partial charge in [0.1, 0.15) is 11.7 Å². The third kappa shape index (κ3) is 5.42. The molecule has 1 aliphatic rings. The van der Waals surface area contributed by atoms with E-state index in [0.29, 0.717) is 26.1 Å². The monoisotopic (exact) mass is 332 g/mol. The molecule has 19 heavy (non-hydrogen) atoms. The number of alkyl halides is 1. The number of rotatable bonds is 7. The number of piperidine rings is 1. The highest BCUT2D eigenvalue weighted by molar-refractivity contribution is 9.09. The van der Waals surface area contributed by atoms with E-state index in [-0.39, 0.29) is 22.9 Å². The van der Waals surface area contributed by atoms with Crippen LogP contribution in [0.4, 0.5) is 0 Å². The molecule has 1 N–H and O–H groups in total. The molecule has 0 aliphatic carbocycles. The highest BCUT2D eigenvalue weighted by Gasteiger charge is 2.31. The van der Waals surface area contributed by atoms with Gasteiger partial charge in [0.15, 0.2) is 0 Å². The zero-order chi connectivity index (χ0) is 14.4. The van der Waals surface area contributed by atoms with Crippen LogP contribution in [0.2, 0.25) is 0 Å². The third-order valence-corrected chi connectivity index (χ3v) is 3.31. The summed E-state index contributed by atoms with van der Waals surface area (Å²) in [5.74, 6) is -0.448. The van der Waals surface area contributed by atoms with Crippen molar-refractivity contribution < 1.29 is 14.3 Å². The smallest absolute Gasteiger partial charge is 0.243 e. The number of nitrogens with one attached hydrogen (secondary N) is 1. The molecule has 2 amide bonds. The summed E-state index contributed by atoms with van der Waals surface area (Å²) in [6.07, 6.45) is 1.75. The van der Waals surface area contributed by atoms with Gasteiger partial charge in [0.25, 0.3) is 0 Å². The minimum absolute atomic E-state index is 0.0850. The molecule has 1 fully saturated rings. The Bertz CT molecular complexity index is 358. The molecule has 0 aromatic heterocycles. The Morgan fingerprint density at radius 1 is 1.63 bits per heavy atom. The molecule has 1 aliphatic heterocycles. The Labute approximate surface area is 122 Å². The van der Waals surface area contributed by atoms with Crippen LogP contribution in [0, 0.1) is 0 Å². The first-order chi connectivity index (χ1) is 8.93. The van der Waals surface area contributed by atoms with Crippen molar-refractivity contribution in [1.29, 1.82) is 0 Å². The van der Waals surface area contributed by atoms with Crippen molar-refractivity contribution in [3.8, 4) is 0 Å². The fourth-order valence-electron chi connectivity index (χ4n) is 1.87. The zero-order valence-electron chi connectivity index (χ0n) is 11.4.